The van der Waals surface area contributed by atoms with Crippen molar-refractivity contribution in [2.45, 2.75) is 6.92 Å². The summed E-state index contributed by atoms with van der Waals surface area (Å²) in [5.74, 6) is 0.354. The van der Waals surface area contributed by atoms with Crippen LogP contribution in [0.4, 0.5) is 0 Å². The van der Waals surface area contributed by atoms with E-state index in [-0.39, 0.29) is 5.56 Å². The molecule has 0 bridgehead atoms. The molecule has 0 fully saturated rings. The number of halogens is 1. The van der Waals surface area contributed by atoms with E-state index in [1.807, 2.05) is 13.0 Å². The summed E-state index contributed by atoms with van der Waals surface area (Å²) in [5, 5.41) is 4.02. The molecule has 0 spiro atoms. The van der Waals surface area contributed by atoms with E-state index in [9.17, 15) is 9.59 Å². The zero-order valence-corrected chi connectivity index (χ0v) is 20.6. The lowest BCUT2D eigenvalue weighted by Gasteiger charge is -2.13. The van der Waals surface area contributed by atoms with E-state index in [0.717, 1.165) is 10.0 Å². The molecule has 0 heterocycles. The molecule has 0 aliphatic carbocycles. The van der Waals surface area contributed by atoms with E-state index < -0.39 is 11.9 Å². The number of carbonyl (C=O) groups is 2. The maximum absolute atomic E-state index is 12.6. The minimum atomic E-state index is -0.498. The zero-order chi connectivity index (χ0) is 24.7. The fourth-order valence-electron chi connectivity index (χ4n) is 3.08. The number of nitrogens with one attached hydrogen (secondary N) is 1. The average molecular weight is 527 g/mol. The highest BCUT2D eigenvalue weighted by atomic mass is 79.9. The molecule has 0 aliphatic heterocycles. The Hall–Kier alpha value is -3.85. The van der Waals surface area contributed by atoms with Gasteiger partial charge in [0, 0.05) is 15.6 Å². The fraction of sp³-hybridized carbons (Fsp3) is 0.160. The minimum Gasteiger partial charge on any atom is -0.493 e. The third-order valence-corrected chi connectivity index (χ3v) is 5.22. The van der Waals surface area contributed by atoms with E-state index in [1.165, 1.54) is 39.7 Å². The van der Waals surface area contributed by atoms with Crippen LogP contribution in [0.5, 0.6) is 23.0 Å². The number of hydrogen-bond acceptors (Lipinski definition) is 7. The smallest absolute Gasteiger partial charge is 0.343 e. The van der Waals surface area contributed by atoms with Crippen LogP contribution in [-0.4, -0.2) is 39.4 Å². The van der Waals surface area contributed by atoms with Crippen LogP contribution in [0.3, 0.4) is 0 Å². The molecule has 3 aromatic rings. The lowest BCUT2D eigenvalue weighted by molar-refractivity contribution is 0.0734. The van der Waals surface area contributed by atoms with Gasteiger partial charge in [-0.2, -0.15) is 5.10 Å². The molecule has 0 saturated carbocycles. The van der Waals surface area contributed by atoms with Crippen LogP contribution in [0.15, 0.2) is 64.2 Å². The van der Waals surface area contributed by atoms with Crippen molar-refractivity contribution in [3.63, 3.8) is 0 Å². The van der Waals surface area contributed by atoms with Crippen molar-refractivity contribution in [1.29, 1.82) is 0 Å². The van der Waals surface area contributed by atoms with Crippen molar-refractivity contribution in [1.82, 2.24) is 5.43 Å². The van der Waals surface area contributed by atoms with Gasteiger partial charge >= 0.3 is 5.97 Å². The number of amides is 1. The number of benzene rings is 3. The van der Waals surface area contributed by atoms with E-state index in [0.29, 0.717) is 34.1 Å². The number of carbonyl (C=O) groups excluding carboxylic acids is 2. The number of aryl methyl sites for hydroxylation is 1. The third kappa shape index (κ3) is 5.93. The molecule has 3 rings (SSSR count). The van der Waals surface area contributed by atoms with Gasteiger partial charge in [-0.05, 0) is 49.4 Å². The van der Waals surface area contributed by atoms with Gasteiger partial charge in [0.05, 0.1) is 33.1 Å². The standard InChI is InChI=1S/C25H23BrN2O6/c1-15-6-5-7-16(10-15)25(30)34-20-9-8-19(26)11-18(20)14-27-28-24(29)17-12-21(31-2)23(33-4)22(13-17)32-3/h5-14H,1-4H3,(H,28,29). The van der Waals surface area contributed by atoms with Crippen LogP contribution < -0.4 is 24.4 Å². The Kier molecular flexibility index (Phi) is 8.26. The van der Waals surface area contributed by atoms with Crippen LogP contribution in [0.1, 0.15) is 31.8 Å². The maximum atomic E-state index is 12.6. The first kappa shape index (κ1) is 24.8. The van der Waals surface area contributed by atoms with Crippen molar-refractivity contribution < 1.29 is 28.5 Å². The first-order chi connectivity index (χ1) is 16.4. The molecule has 0 radical (unpaired) electrons. The summed E-state index contributed by atoms with van der Waals surface area (Å²) in [6.07, 6.45) is 1.39. The summed E-state index contributed by atoms with van der Waals surface area (Å²) in [5.41, 5.74) is 4.57. The summed E-state index contributed by atoms with van der Waals surface area (Å²) >= 11 is 3.39. The first-order valence-electron chi connectivity index (χ1n) is 10.1. The van der Waals surface area contributed by atoms with Gasteiger partial charge in [-0.15, -0.1) is 0 Å². The quantitative estimate of drug-likeness (QED) is 0.196. The average Bonchev–Trinajstić information content (AvgIpc) is 2.84. The number of nitrogens with zero attached hydrogens (tertiary/aromatic N) is 1. The van der Waals surface area contributed by atoms with Crippen molar-refractivity contribution in [3.8, 4) is 23.0 Å². The van der Waals surface area contributed by atoms with Gasteiger partial charge < -0.3 is 18.9 Å². The molecule has 0 atom stereocenters. The minimum absolute atomic E-state index is 0.256. The first-order valence-corrected chi connectivity index (χ1v) is 10.9. The second kappa shape index (κ2) is 11.3. The van der Waals surface area contributed by atoms with Crippen molar-refractivity contribution >= 4 is 34.0 Å². The Labute approximate surface area is 205 Å². The molecule has 1 amide bonds. The fourth-order valence-corrected chi connectivity index (χ4v) is 3.46. The second-order valence-electron chi connectivity index (χ2n) is 7.05. The molecule has 0 saturated heterocycles. The van der Waals surface area contributed by atoms with Crippen LogP contribution in [0.25, 0.3) is 0 Å². The van der Waals surface area contributed by atoms with Crippen LogP contribution in [-0.2, 0) is 0 Å². The topological polar surface area (TPSA) is 95.5 Å². The van der Waals surface area contributed by atoms with Crippen LogP contribution >= 0.6 is 15.9 Å². The SMILES string of the molecule is COc1cc(C(=O)NN=Cc2cc(Br)ccc2OC(=O)c2cccc(C)c2)cc(OC)c1OC. The highest BCUT2D eigenvalue weighted by Crippen LogP contribution is 2.38. The molecule has 8 nitrogen and oxygen atoms in total. The molecule has 176 valence electrons. The predicted octanol–water partition coefficient (Wildman–Crippen LogP) is 4.77. The van der Waals surface area contributed by atoms with Gasteiger partial charge in [-0.25, -0.2) is 10.2 Å². The molecule has 9 heteroatoms. The summed E-state index contributed by atoms with van der Waals surface area (Å²) < 4.78 is 22.1. The molecule has 0 unspecified atom stereocenters. The maximum Gasteiger partial charge on any atom is 0.343 e. The molecule has 1 N–H and O–H groups in total. The number of hydrazone groups is 1. The van der Waals surface area contributed by atoms with E-state index in [1.54, 1.807) is 36.4 Å². The molecule has 3 aromatic carbocycles. The number of hydrogen-bond donors (Lipinski definition) is 1. The molecule has 0 aliphatic rings. The van der Waals surface area contributed by atoms with Crippen molar-refractivity contribution in [2.24, 2.45) is 5.10 Å². The summed E-state index contributed by atoms with van der Waals surface area (Å²) in [7, 11) is 4.40. The lowest BCUT2D eigenvalue weighted by atomic mass is 10.1. The predicted molar refractivity (Wildman–Crippen MR) is 131 cm³/mol. The number of methoxy groups -OCH3 is 3. The van der Waals surface area contributed by atoms with Crippen molar-refractivity contribution in [3.05, 3.63) is 81.3 Å². The van der Waals surface area contributed by atoms with Gasteiger partial charge in [-0.3, -0.25) is 4.79 Å². The monoisotopic (exact) mass is 526 g/mol. The molecular formula is C25H23BrN2O6. The zero-order valence-electron chi connectivity index (χ0n) is 19.0. The van der Waals surface area contributed by atoms with Crippen molar-refractivity contribution in [2.75, 3.05) is 21.3 Å². The third-order valence-electron chi connectivity index (χ3n) is 4.72. The molecule has 34 heavy (non-hydrogen) atoms. The summed E-state index contributed by atoms with van der Waals surface area (Å²) in [6.45, 7) is 1.89. The number of ether oxygens (including phenoxy) is 4. The number of esters is 1. The van der Waals surface area contributed by atoms with E-state index in [4.69, 9.17) is 18.9 Å². The van der Waals surface area contributed by atoms with E-state index in [2.05, 4.69) is 26.5 Å². The van der Waals surface area contributed by atoms with E-state index >= 15 is 0 Å². The van der Waals surface area contributed by atoms with Crippen LogP contribution in [0.2, 0.25) is 0 Å². The highest BCUT2D eigenvalue weighted by molar-refractivity contribution is 9.10. The van der Waals surface area contributed by atoms with Gasteiger partial charge in [0.25, 0.3) is 5.91 Å². The summed E-state index contributed by atoms with van der Waals surface area (Å²) in [6, 6.07) is 15.2. The summed E-state index contributed by atoms with van der Waals surface area (Å²) in [4.78, 5) is 25.2. The van der Waals surface area contributed by atoms with Gasteiger partial charge in [0.15, 0.2) is 11.5 Å². The Morgan fingerprint density at radius 2 is 1.59 bits per heavy atom. The highest BCUT2D eigenvalue weighted by Gasteiger charge is 2.17. The van der Waals surface area contributed by atoms with Gasteiger partial charge in [0.2, 0.25) is 5.75 Å². The second-order valence-corrected chi connectivity index (χ2v) is 7.97. The Morgan fingerprint density at radius 3 is 2.21 bits per heavy atom. The normalized spacial score (nSPS) is 10.6. The lowest BCUT2D eigenvalue weighted by Crippen LogP contribution is -2.18. The Balaban J connectivity index is 1.79. The Morgan fingerprint density at radius 1 is 0.882 bits per heavy atom. The molecular weight excluding hydrogens is 504 g/mol. The Bertz CT molecular complexity index is 1220. The number of rotatable bonds is 8. The molecule has 0 aromatic heterocycles. The van der Waals surface area contributed by atoms with Gasteiger partial charge in [0.1, 0.15) is 5.75 Å². The van der Waals surface area contributed by atoms with Gasteiger partial charge in [-0.1, -0.05) is 33.6 Å². The largest absolute Gasteiger partial charge is 0.493 e. The van der Waals surface area contributed by atoms with Crippen LogP contribution in [0, 0.1) is 6.92 Å².